The largest absolute Gasteiger partial charge is 0.458 e. The van der Waals surface area contributed by atoms with Crippen LogP contribution in [0, 0.1) is 0 Å². The molecule has 0 saturated heterocycles. The first-order valence-corrected chi connectivity index (χ1v) is 15.5. The van der Waals surface area contributed by atoms with Gasteiger partial charge >= 0.3 is 35.8 Å². The molecular weight excluding hydrogens is 648 g/mol. The van der Waals surface area contributed by atoms with Crippen molar-refractivity contribution in [3.8, 4) is 0 Å². The summed E-state index contributed by atoms with van der Waals surface area (Å²) < 4.78 is 31.0. The molecule has 0 bridgehead atoms. The topological polar surface area (TPSA) is 158 Å². The second-order valence-electron chi connectivity index (χ2n) is 10.6. The van der Waals surface area contributed by atoms with E-state index in [0.717, 1.165) is 0 Å². The van der Waals surface area contributed by atoms with Crippen molar-refractivity contribution in [3.05, 3.63) is 144 Å². The van der Waals surface area contributed by atoms with Crippen LogP contribution in [0.25, 0.3) is 0 Å². The molecular formula is C38H34O12. The summed E-state index contributed by atoms with van der Waals surface area (Å²) in [4.78, 5) is 77.0. The van der Waals surface area contributed by atoms with Gasteiger partial charge in [0.2, 0.25) is 0 Å². The van der Waals surface area contributed by atoms with E-state index < -0.39 is 60.9 Å². The third-order valence-corrected chi connectivity index (χ3v) is 6.78. The molecule has 0 heterocycles. The summed E-state index contributed by atoms with van der Waals surface area (Å²) in [5, 5.41) is 0. The molecule has 0 aliphatic carbocycles. The first kappa shape index (κ1) is 36.5. The zero-order valence-electron chi connectivity index (χ0n) is 26.8. The van der Waals surface area contributed by atoms with Crippen LogP contribution in [0.1, 0.15) is 35.1 Å². The summed E-state index contributed by atoms with van der Waals surface area (Å²) in [6.07, 6.45) is -5.59. The van der Waals surface area contributed by atoms with Gasteiger partial charge in [-0.05, 0) is 22.3 Å². The first-order chi connectivity index (χ1) is 24.3. The van der Waals surface area contributed by atoms with Gasteiger partial charge in [0.15, 0.2) is 0 Å². The van der Waals surface area contributed by atoms with E-state index in [9.17, 15) is 28.8 Å². The van der Waals surface area contributed by atoms with E-state index in [1.165, 1.54) is 0 Å². The number of hydrogen-bond acceptors (Lipinski definition) is 12. The highest BCUT2D eigenvalue weighted by Gasteiger charge is 2.36. The normalized spacial score (nSPS) is 10.5. The lowest BCUT2D eigenvalue weighted by Crippen LogP contribution is -2.39. The van der Waals surface area contributed by atoms with E-state index in [-0.39, 0.29) is 26.4 Å². The average molecular weight is 683 g/mol. The van der Waals surface area contributed by atoms with Crippen LogP contribution in [0.2, 0.25) is 0 Å². The molecule has 4 aromatic carbocycles. The number of hydrogen-bond donors (Lipinski definition) is 0. The van der Waals surface area contributed by atoms with Gasteiger partial charge in [0, 0.05) is 0 Å². The van der Waals surface area contributed by atoms with Crippen molar-refractivity contribution in [2.75, 3.05) is 0 Å². The molecule has 0 aliphatic heterocycles. The summed E-state index contributed by atoms with van der Waals surface area (Å²) >= 11 is 0. The maximum Gasteiger partial charge on any atom is 0.359 e. The van der Waals surface area contributed by atoms with Gasteiger partial charge < -0.3 is 28.4 Å². The van der Waals surface area contributed by atoms with E-state index in [0.29, 0.717) is 22.3 Å². The lowest BCUT2D eigenvalue weighted by molar-refractivity contribution is -0.184. The van der Waals surface area contributed by atoms with E-state index in [1.807, 2.05) is 0 Å². The summed E-state index contributed by atoms with van der Waals surface area (Å²) in [5.41, 5.74) is 2.46. The number of benzene rings is 4. The Hall–Kier alpha value is -6.30. The van der Waals surface area contributed by atoms with Crippen LogP contribution in [-0.4, -0.2) is 48.0 Å². The molecule has 0 aromatic heterocycles. The van der Waals surface area contributed by atoms with Gasteiger partial charge in [0.05, 0.1) is 12.8 Å². The summed E-state index contributed by atoms with van der Waals surface area (Å²) in [7, 11) is 0. The zero-order chi connectivity index (χ0) is 35.6. The van der Waals surface area contributed by atoms with Gasteiger partial charge in [-0.1, -0.05) is 121 Å². The van der Waals surface area contributed by atoms with Gasteiger partial charge in [-0.15, -0.1) is 0 Å². The van der Waals surface area contributed by atoms with Crippen molar-refractivity contribution >= 4 is 35.8 Å². The van der Waals surface area contributed by atoms with E-state index in [1.54, 1.807) is 121 Å². The Morgan fingerprint density at radius 1 is 0.360 bits per heavy atom. The third kappa shape index (κ3) is 12.4. The van der Waals surface area contributed by atoms with Crippen LogP contribution in [0.3, 0.4) is 0 Å². The maximum atomic E-state index is 12.9. The van der Waals surface area contributed by atoms with E-state index in [2.05, 4.69) is 0 Å². The maximum absolute atomic E-state index is 12.9. The Kier molecular flexibility index (Phi) is 14.3. The number of esters is 6. The molecule has 0 fully saturated rings. The van der Waals surface area contributed by atoms with Gasteiger partial charge in [-0.25, -0.2) is 19.2 Å². The van der Waals surface area contributed by atoms with Crippen molar-refractivity contribution in [1.82, 2.24) is 0 Å². The fourth-order valence-electron chi connectivity index (χ4n) is 4.19. The Labute approximate surface area is 287 Å². The Balaban J connectivity index is 1.36. The molecule has 4 rings (SSSR count). The van der Waals surface area contributed by atoms with Crippen molar-refractivity contribution in [3.63, 3.8) is 0 Å². The van der Waals surface area contributed by atoms with Crippen molar-refractivity contribution in [1.29, 1.82) is 0 Å². The van der Waals surface area contributed by atoms with Crippen LogP contribution in [0.5, 0.6) is 0 Å². The summed E-state index contributed by atoms with van der Waals surface area (Å²) in [6, 6.07) is 34.4. The van der Waals surface area contributed by atoms with E-state index in [4.69, 9.17) is 28.4 Å². The molecule has 50 heavy (non-hydrogen) atoms. The van der Waals surface area contributed by atoms with Gasteiger partial charge in [-0.3, -0.25) is 9.59 Å². The highest BCUT2D eigenvalue weighted by molar-refractivity contribution is 6.01. The Bertz CT molecular complexity index is 1470. The molecule has 12 heteroatoms. The molecule has 0 aliphatic rings. The van der Waals surface area contributed by atoms with Crippen LogP contribution in [-0.2, 0) is 83.6 Å². The number of rotatable bonds is 17. The van der Waals surface area contributed by atoms with Crippen molar-refractivity contribution < 1.29 is 57.2 Å². The average Bonchev–Trinajstić information content (AvgIpc) is 3.16. The van der Waals surface area contributed by atoms with E-state index >= 15 is 0 Å². The van der Waals surface area contributed by atoms with Crippen LogP contribution in [0.4, 0.5) is 0 Å². The number of carbonyl (C=O) groups is 6. The van der Waals surface area contributed by atoms with Crippen molar-refractivity contribution in [2.24, 2.45) is 0 Å². The first-order valence-electron chi connectivity index (χ1n) is 15.5. The molecule has 0 spiro atoms. The highest BCUT2D eigenvalue weighted by Crippen LogP contribution is 2.12. The molecule has 0 amide bonds. The molecule has 0 radical (unpaired) electrons. The fourth-order valence-corrected chi connectivity index (χ4v) is 4.19. The second kappa shape index (κ2) is 19.5. The molecule has 258 valence electrons. The Morgan fingerprint density at radius 3 is 0.800 bits per heavy atom. The standard InChI is InChI=1S/C38H34O12/c39-31(49-33(35(41)45-23-27-13-5-1-6-14-27)36(42)46-24-28-15-7-2-8-16-28)21-22-32(40)50-34(37(43)47-25-29-17-9-3-10-18-29)38(44)48-26-30-19-11-4-12-20-30/h1-20,33-34H,21-26H2. The summed E-state index contributed by atoms with van der Waals surface area (Å²) in [5.74, 6) is -7.07. The smallest absolute Gasteiger partial charge is 0.359 e. The molecule has 0 N–H and O–H groups in total. The Morgan fingerprint density at radius 2 is 0.580 bits per heavy atom. The minimum atomic E-state index is -2.10. The number of ether oxygens (including phenoxy) is 6. The predicted molar refractivity (Wildman–Crippen MR) is 174 cm³/mol. The molecule has 0 saturated carbocycles. The predicted octanol–water partition coefficient (Wildman–Crippen LogP) is 4.56. The SMILES string of the molecule is O=C(CCC(=O)OC(C(=O)OCc1ccccc1)C(=O)OCc1ccccc1)OC(C(=O)OCc1ccccc1)C(=O)OCc1ccccc1. The van der Waals surface area contributed by atoms with Gasteiger partial charge in [0.25, 0.3) is 12.2 Å². The number of carbonyl (C=O) groups excluding carboxylic acids is 6. The minimum Gasteiger partial charge on any atom is -0.458 e. The molecule has 12 nitrogen and oxygen atoms in total. The lowest BCUT2D eigenvalue weighted by Gasteiger charge is -2.17. The zero-order valence-corrected chi connectivity index (χ0v) is 26.8. The minimum absolute atomic E-state index is 0.214. The molecule has 0 unspecified atom stereocenters. The van der Waals surface area contributed by atoms with Gasteiger partial charge in [-0.2, -0.15) is 0 Å². The van der Waals surface area contributed by atoms with Crippen molar-refractivity contribution in [2.45, 2.75) is 51.5 Å². The quantitative estimate of drug-likeness (QED) is 0.0870. The molecule has 4 aromatic rings. The second-order valence-corrected chi connectivity index (χ2v) is 10.6. The van der Waals surface area contributed by atoms with Gasteiger partial charge in [0.1, 0.15) is 26.4 Å². The highest BCUT2D eigenvalue weighted by atomic mass is 16.6. The third-order valence-electron chi connectivity index (χ3n) is 6.78. The van der Waals surface area contributed by atoms with Crippen LogP contribution < -0.4 is 0 Å². The van der Waals surface area contributed by atoms with Crippen LogP contribution >= 0.6 is 0 Å². The van der Waals surface area contributed by atoms with Crippen LogP contribution in [0.15, 0.2) is 121 Å². The summed E-state index contributed by atoms with van der Waals surface area (Å²) in [6.45, 7) is -0.857. The monoisotopic (exact) mass is 682 g/mol. The fraction of sp³-hybridized carbons (Fsp3) is 0.211. The lowest BCUT2D eigenvalue weighted by atomic mass is 10.2. The molecule has 0 atom stereocenters.